The zero-order valence-corrected chi connectivity index (χ0v) is 16.9. The van der Waals surface area contributed by atoms with Crippen LogP contribution in [0.3, 0.4) is 0 Å². The quantitative estimate of drug-likeness (QED) is 0.576. The van der Waals surface area contributed by atoms with E-state index in [1.165, 1.54) is 0 Å². The Morgan fingerprint density at radius 2 is 2.31 bits per heavy atom. The first-order valence-electron chi connectivity index (χ1n) is 9.76. The number of anilines is 1. The number of aromatic nitrogens is 4. The second kappa shape index (κ2) is 8.24. The first kappa shape index (κ1) is 19.4. The van der Waals surface area contributed by atoms with E-state index in [1.807, 2.05) is 25.3 Å². The lowest BCUT2D eigenvalue weighted by Crippen LogP contribution is -2.49. The standard InChI is InChI=1S/C20H23ClN6O2/c1-2-16-12(4-3-7-27(16)20(28)29)9-23-17-5-6-22-19(26-17)15-11-25-18-14(15)8-13(21)10-24-18/h5-6,8,10-12,16H,2-4,7,9H2,1H3,(H,24,25)(H,28,29)(H,22,23,26)/t12?,16-/m1/s1. The van der Waals surface area contributed by atoms with Gasteiger partial charge in [-0.3, -0.25) is 0 Å². The van der Waals surface area contributed by atoms with Gasteiger partial charge < -0.3 is 20.3 Å². The third kappa shape index (κ3) is 3.98. The van der Waals surface area contributed by atoms with E-state index in [1.54, 1.807) is 17.3 Å². The highest BCUT2D eigenvalue weighted by Crippen LogP contribution is 2.29. The number of carbonyl (C=O) groups is 1. The lowest BCUT2D eigenvalue weighted by atomic mass is 9.87. The number of H-pyrrole nitrogens is 1. The first-order chi connectivity index (χ1) is 14.1. The van der Waals surface area contributed by atoms with Crippen LogP contribution in [-0.2, 0) is 0 Å². The summed E-state index contributed by atoms with van der Waals surface area (Å²) in [5.74, 6) is 1.54. The molecular formula is C20H23ClN6O2. The molecule has 3 aromatic heterocycles. The minimum Gasteiger partial charge on any atom is -0.465 e. The summed E-state index contributed by atoms with van der Waals surface area (Å²) < 4.78 is 0. The van der Waals surface area contributed by atoms with Crippen molar-refractivity contribution in [3.05, 3.63) is 35.7 Å². The second-order valence-electron chi connectivity index (χ2n) is 7.25. The van der Waals surface area contributed by atoms with E-state index in [-0.39, 0.29) is 12.0 Å². The third-order valence-corrected chi connectivity index (χ3v) is 5.73. The van der Waals surface area contributed by atoms with E-state index in [4.69, 9.17) is 11.6 Å². The van der Waals surface area contributed by atoms with Crippen molar-refractivity contribution in [3.63, 3.8) is 0 Å². The molecule has 4 rings (SSSR count). The molecule has 29 heavy (non-hydrogen) atoms. The molecule has 0 aromatic carbocycles. The van der Waals surface area contributed by atoms with Crippen LogP contribution in [-0.4, -0.2) is 55.2 Å². The Labute approximate surface area is 173 Å². The Morgan fingerprint density at radius 3 is 3.10 bits per heavy atom. The second-order valence-corrected chi connectivity index (χ2v) is 7.69. The van der Waals surface area contributed by atoms with Crippen molar-refractivity contribution in [2.24, 2.45) is 5.92 Å². The number of carboxylic acid groups (broad SMARTS) is 1. The number of rotatable bonds is 5. The number of nitrogens with one attached hydrogen (secondary N) is 2. The van der Waals surface area contributed by atoms with Crippen LogP contribution in [0, 0.1) is 5.92 Å². The van der Waals surface area contributed by atoms with Crippen LogP contribution in [0.5, 0.6) is 0 Å². The van der Waals surface area contributed by atoms with Crippen LogP contribution in [0.2, 0.25) is 5.02 Å². The van der Waals surface area contributed by atoms with Gasteiger partial charge in [-0.05, 0) is 37.3 Å². The summed E-state index contributed by atoms with van der Waals surface area (Å²) in [7, 11) is 0. The topological polar surface area (TPSA) is 107 Å². The summed E-state index contributed by atoms with van der Waals surface area (Å²) in [5, 5.41) is 14.3. The van der Waals surface area contributed by atoms with Gasteiger partial charge in [0.1, 0.15) is 11.5 Å². The molecule has 0 spiro atoms. The molecule has 4 heterocycles. The normalized spacial score (nSPS) is 19.4. The van der Waals surface area contributed by atoms with Crippen molar-refractivity contribution in [2.45, 2.75) is 32.2 Å². The Bertz CT molecular complexity index is 1020. The number of hydrogen-bond donors (Lipinski definition) is 3. The van der Waals surface area contributed by atoms with E-state index in [2.05, 4.69) is 25.3 Å². The van der Waals surface area contributed by atoms with Crippen molar-refractivity contribution in [1.82, 2.24) is 24.8 Å². The van der Waals surface area contributed by atoms with Gasteiger partial charge in [-0.15, -0.1) is 0 Å². The van der Waals surface area contributed by atoms with Crippen LogP contribution >= 0.6 is 11.6 Å². The van der Waals surface area contributed by atoms with Gasteiger partial charge in [0.25, 0.3) is 0 Å². The van der Waals surface area contributed by atoms with E-state index in [0.29, 0.717) is 29.8 Å². The molecule has 1 unspecified atom stereocenters. The van der Waals surface area contributed by atoms with Crippen LogP contribution in [0.25, 0.3) is 22.4 Å². The van der Waals surface area contributed by atoms with Gasteiger partial charge in [0.15, 0.2) is 5.82 Å². The number of aromatic amines is 1. The largest absolute Gasteiger partial charge is 0.465 e. The SMILES string of the molecule is CC[C@@H]1C(CNc2ccnc(-c3c[nH]c4ncc(Cl)cc34)n2)CCCN1C(=O)O. The molecule has 1 aliphatic heterocycles. The fraction of sp³-hybridized carbons (Fsp3) is 0.400. The average Bonchev–Trinajstić information content (AvgIpc) is 3.15. The molecule has 0 saturated carbocycles. The van der Waals surface area contributed by atoms with Crippen LogP contribution in [0.4, 0.5) is 10.6 Å². The predicted molar refractivity (Wildman–Crippen MR) is 112 cm³/mol. The van der Waals surface area contributed by atoms with Gasteiger partial charge in [-0.2, -0.15) is 0 Å². The van der Waals surface area contributed by atoms with Gasteiger partial charge in [-0.1, -0.05) is 18.5 Å². The van der Waals surface area contributed by atoms with Gasteiger partial charge in [0, 0.05) is 48.7 Å². The Kier molecular flexibility index (Phi) is 5.53. The molecule has 152 valence electrons. The zero-order chi connectivity index (χ0) is 20.4. The molecular weight excluding hydrogens is 392 g/mol. The molecule has 0 bridgehead atoms. The lowest BCUT2D eigenvalue weighted by molar-refractivity contribution is 0.0798. The first-order valence-corrected chi connectivity index (χ1v) is 10.1. The number of fused-ring (bicyclic) bond motifs is 1. The Hall–Kier alpha value is -2.87. The molecule has 9 heteroatoms. The monoisotopic (exact) mass is 414 g/mol. The molecule has 0 aliphatic carbocycles. The van der Waals surface area contributed by atoms with E-state index >= 15 is 0 Å². The minimum absolute atomic E-state index is 0.0249. The van der Waals surface area contributed by atoms with Gasteiger partial charge in [0.05, 0.1) is 5.02 Å². The fourth-order valence-corrected chi connectivity index (χ4v) is 4.31. The zero-order valence-electron chi connectivity index (χ0n) is 16.1. The highest BCUT2D eigenvalue weighted by Gasteiger charge is 2.32. The van der Waals surface area contributed by atoms with Crippen molar-refractivity contribution < 1.29 is 9.90 Å². The van der Waals surface area contributed by atoms with Crippen molar-refractivity contribution in [3.8, 4) is 11.4 Å². The summed E-state index contributed by atoms with van der Waals surface area (Å²) in [4.78, 5) is 29.5. The summed E-state index contributed by atoms with van der Waals surface area (Å²) in [5.41, 5.74) is 1.56. The minimum atomic E-state index is -0.836. The van der Waals surface area contributed by atoms with E-state index < -0.39 is 6.09 Å². The summed E-state index contributed by atoms with van der Waals surface area (Å²) in [6.45, 7) is 3.32. The molecule has 8 nitrogen and oxygen atoms in total. The molecule has 1 saturated heterocycles. The molecule has 3 aromatic rings. The highest BCUT2D eigenvalue weighted by molar-refractivity contribution is 6.31. The van der Waals surface area contributed by atoms with Gasteiger partial charge >= 0.3 is 6.09 Å². The van der Waals surface area contributed by atoms with Crippen LogP contribution in [0.15, 0.2) is 30.7 Å². The van der Waals surface area contributed by atoms with Gasteiger partial charge in [-0.25, -0.2) is 19.7 Å². The summed E-state index contributed by atoms with van der Waals surface area (Å²) in [6, 6.07) is 3.69. The number of amides is 1. The molecule has 2 atom stereocenters. The van der Waals surface area contributed by atoms with E-state index in [0.717, 1.165) is 35.9 Å². The molecule has 1 fully saturated rings. The predicted octanol–water partition coefficient (Wildman–Crippen LogP) is 4.25. The summed E-state index contributed by atoms with van der Waals surface area (Å²) >= 11 is 6.09. The van der Waals surface area contributed by atoms with E-state index in [9.17, 15) is 9.90 Å². The lowest BCUT2D eigenvalue weighted by Gasteiger charge is -2.39. The van der Waals surface area contributed by atoms with Crippen molar-refractivity contribution >= 4 is 34.5 Å². The maximum absolute atomic E-state index is 11.5. The fourth-order valence-electron chi connectivity index (χ4n) is 4.15. The van der Waals surface area contributed by atoms with Gasteiger partial charge in [0.2, 0.25) is 0 Å². The molecule has 1 aliphatic rings. The number of piperidine rings is 1. The van der Waals surface area contributed by atoms with Crippen molar-refractivity contribution in [1.29, 1.82) is 0 Å². The number of halogens is 1. The van der Waals surface area contributed by atoms with Crippen LogP contribution < -0.4 is 5.32 Å². The van der Waals surface area contributed by atoms with Crippen molar-refractivity contribution in [2.75, 3.05) is 18.4 Å². The molecule has 0 radical (unpaired) electrons. The Morgan fingerprint density at radius 1 is 1.45 bits per heavy atom. The maximum atomic E-state index is 11.5. The summed E-state index contributed by atoms with van der Waals surface area (Å²) in [6.07, 6.45) is 6.98. The molecule has 3 N–H and O–H groups in total. The number of pyridine rings is 1. The maximum Gasteiger partial charge on any atom is 0.407 e. The number of likely N-dealkylation sites (tertiary alicyclic amines) is 1. The molecule has 1 amide bonds. The number of nitrogens with zero attached hydrogens (tertiary/aromatic N) is 4. The third-order valence-electron chi connectivity index (χ3n) is 5.52. The van der Waals surface area contributed by atoms with Crippen LogP contribution in [0.1, 0.15) is 26.2 Å². The number of hydrogen-bond acceptors (Lipinski definition) is 5. The average molecular weight is 415 g/mol. The smallest absolute Gasteiger partial charge is 0.407 e. The highest BCUT2D eigenvalue weighted by atomic mass is 35.5. The Balaban J connectivity index is 1.52.